The molecule has 0 aromatic heterocycles. The van der Waals surface area contributed by atoms with Crippen molar-refractivity contribution in [3.05, 3.63) is 64.9 Å². The van der Waals surface area contributed by atoms with Crippen molar-refractivity contribution in [2.45, 2.75) is 12.8 Å². The molecule has 0 fully saturated rings. The third kappa shape index (κ3) is 5.81. The van der Waals surface area contributed by atoms with Gasteiger partial charge in [0.15, 0.2) is 0 Å². The maximum absolute atomic E-state index is 12.7. The van der Waals surface area contributed by atoms with Gasteiger partial charge in [0, 0.05) is 12.8 Å². The molecule has 5 nitrogen and oxygen atoms in total. The van der Waals surface area contributed by atoms with E-state index in [1.54, 1.807) is 24.3 Å². The van der Waals surface area contributed by atoms with Crippen molar-refractivity contribution in [2.24, 2.45) is 5.10 Å². The van der Waals surface area contributed by atoms with Crippen LogP contribution in [-0.2, 0) is 9.59 Å². The summed E-state index contributed by atoms with van der Waals surface area (Å²) in [6.45, 7) is 0. The molecule has 0 saturated heterocycles. The van der Waals surface area contributed by atoms with Gasteiger partial charge in [0.25, 0.3) is 0 Å². The molecule has 0 atom stereocenters. The van der Waals surface area contributed by atoms with Gasteiger partial charge >= 0.3 is 0 Å². The van der Waals surface area contributed by atoms with Crippen LogP contribution in [0.2, 0.25) is 5.02 Å². The molecule has 0 unspecified atom stereocenters. The smallest absolute Gasteiger partial charge is 0.240 e. The van der Waals surface area contributed by atoms with Gasteiger partial charge in [-0.1, -0.05) is 35.9 Å². The van der Waals surface area contributed by atoms with Crippen LogP contribution >= 0.6 is 11.6 Å². The maximum atomic E-state index is 12.7. The number of benzene rings is 2. The lowest BCUT2D eigenvalue weighted by Crippen LogP contribution is -2.20. The number of rotatable bonds is 6. The van der Waals surface area contributed by atoms with E-state index in [2.05, 4.69) is 15.8 Å². The molecule has 7 heteroatoms. The van der Waals surface area contributed by atoms with Gasteiger partial charge in [-0.15, -0.1) is 0 Å². The molecule has 2 amide bonds. The van der Waals surface area contributed by atoms with Crippen LogP contribution in [0.1, 0.15) is 18.4 Å². The minimum Gasteiger partial charge on any atom is -0.325 e. The molecule has 0 aliphatic rings. The number of carbonyl (C=O) groups is 2. The Labute approximate surface area is 143 Å². The molecule has 124 valence electrons. The Bertz CT molecular complexity index is 748. The second-order valence-electron chi connectivity index (χ2n) is 4.87. The molecular weight excluding hydrogens is 333 g/mol. The number of hydrazone groups is 1. The van der Waals surface area contributed by atoms with Crippen LogP contribution in [0.4, 0.5) is 10.1 Å². The predicted octanol–water partition coefficient (Wildman–Crippen LogP) is 3.35. The van der Waals surface area contributed by atoms with Crippen LogP contribution < -0.4 is 10.7 Å². The van der Waals surface area contributed by atoms with Crippen molar-refractivity contribution in [2.75, 3.05) is 5.32 Å². The minimum atomic E-state index is -0.400. The first kappa shape index (κ1) is 17.6. The van der Waals surface area contributed by atoms with Crippen molar-refractivity contribution in [3.8, 4) is 0 Å². The molecule has 2 rings (SSSR count). The van der Waals surface area contributed by atoms with Crippen LogP contribution in [0, 0.1) is 5.82 Å². The summed E-state index contributed by atoms with van der Waals surface area (Å²) in [7, 11) is 0. The van der Waals surface area contributed by atoms with Gasteiger partial charge in [-0.2, -0.15) is 5.10 Å². The molecule has 0 radical (unpaired) electrons. The van der Waals surface area contributed by atoms with Crippen LogP contribution in [0.25, 0.3) is 0 Å². The van der Waals surface area contributed by atoms with Crippen molar-refractivity contribution in [1.29, 1.82) is 0 Å². The number of nitrogens with zero attached hydrogens (tertiary/aromatic N) is 1. The summed E-state index contributed by atoms with van der Waals surface area (Å²) in [4.78, 5) is 23.4. The van der Waals surface area contributed by atoms with E-state index in [4.69, 9.17) is 11.6 Å². The first-order valence-electron chi connectivity index (χ1n) is 7.16. The van der Waals surface area contributed by atoms with E-state index in [0.717, 1.165) is 0 Å². The Morgan fingerprint density at radius 1 is 1.04 bits per heavy atom. The fraction of sp³-hybridized carbons (Fsp3) is 0.118. The van der Waals surface area contributed by atoms with E-state index in [0.29, 0.717) is 16.3 Å². The Balaban J connectivity index is 1.73. The number of hydrogen-bond donors (Lipinski definition) is 2. The molecule has 0 spiro atoms. The van der Waals surface area contributed by atoms with E-state index in [-0.39, 0.29) is 24.6 Å². The van der Waals surface area contributed by atoms with E-state index in [9.17, 15) is 14.0 Å². The van der Waals surface area contributed by atoms with E-state index in [1.807, 2.05) is 0 Å². The number of hydrogen-bond acceptors (Lipinski definition) is 3. The second-order valence-corrected chi connectivity index (χ2v) is 5.28. The lowest BCUT2D eigenvalue weighted by Gasteiger charge is -2.06. The average Bonchev–Trinajstić information content (AvgIpc) is 2.57. The fourth-order valence-electron chi connectivity index (χ4n) is 1.79. The zero-order valence-corrected chi connectivity index (χ0v) is 13.4. The monoisotopic (exact) mass is 347 g/mol. The molecule has 0 heterocycles. The summed E-state index contributed by atoms with van der Waals surface area (Å²) in [5, 5.41) is 6.81. The van der Waals surface area contributed by atoms with Crippen molar-refractivity contribution in [1.82, 2.24) is 5.43 Å². The van der Waals surface area contributed by atoms with Crippen molar-refractivity contribution < 1.29 is 14.0 Å². The first-order chi connectivity index (χ1) is 11.5. The SMILES string of the molecule is O=C(CCC(=O)Nc1ccccc1Cl)N/N=C/c1ccc(F)cc1. The van der Waals surface area contributed by atoms with Gasteiger partial charge in [0.05, 0.1) is 16.9 Å². The van der Waals surface area contributed by atoms with E-state index < -0.39 is 5.91 Å². The molecule has 2 aromatic rings. The summed E-state index contributed by atoms with van der Waals surface area (Å²) < 4.78 is 12.7. The van der Waals surface area contributed by atoms with Crippen LogP contribution in [0.15, 0.2) is 53.6 Å². The summed E-state index contributed by atoms with van der Waals surface area (Å²) in [6.07, 6.45) is 1.38. The molecule has 24 heavy (non-hydrogen) atoms. The standard InChI is InChI=1S/C17H15ClFN3O2/c18-14-3-1-2-4-15(14)21-16(23)9-10-17(24)22-20-11-12-5-7-13(19)8-6-12/h1-8,11H,9-10H2,(H,21,23)(H,22,24)/b20-11+. The number of nitrogens with one attached hydrogen (secondary N) is 2. The molecule has 0 bridgehead atoms. The molecule has 2 N–H and O–H groups in total. The van der Waals surface area contributed by atoms with Crippen molar-refractivity contribution >= 4 is 35.3 Å². The first-order valence-corrected chi connectivity index (χ1v) is 7.54. The van der Waals surface area contributed by atoms with Crippen LogP contribution in [0.5, 0.6) is 0 Å². The molecule has 2 aromatic carbocycles. The number of para-hydroxylation sites is 1. The molecule has 0 aliphatic heterocycles. The Kier molecular flexibility index (Phi) is 6.45. The van der Waals surface area contributed by atoms with Gasteiger partial charge in [-0.25, -0.2) is 9.82 Å². The largest absolute Gasteiger partial charge is 0.325 e. The Hall–Kier alpha value is -2.73. The third-order valence-electron chi connectivity index (χ3n) is 3.00. The molecule has 0 saturated carbocycles. The lowest BCUT2D eigenvalue weighted by molar-refractivity contribution is -0.124. The minimum absolute atomic E-state index is 0.00310. The molecular formula is C17H15ClFN3O2. The predicted molar refractivity (Wildman–Crippen MR) is 91.5 cm³/mol. The second kappa shape index (κ2) is 8.79. The number of amides is 2. The number of halogens is 2. The summed E-state index contributed by atoms with van der Waals surface area (Å²) in [5.41, 5.74) is 3.45. The Morgan fingerprint density at radius 3 is 2.42 bits per heavy atom. The normalized spacial score (nSPS) is 10.6. The lowest BCUT2D eigenvalue weighted by atomic mass is 10.2. The zero-order valence-electron chi connectivity index (χ0n) is 12.6. The van der Waals surface area contributed by atoms with Crippen LogP contribution in [0.3, 0.4) is 0 Å². The highest BCUT2D eigenvalue weighted by molar-refractivity contribution is 6.33. The average molecular weight is 348 g/mol. The molecule has 0 aliphatic carbocycles. The van der Waals surface area contributed by atoms with Gasteiger partial charge in [-0.05, 0) is 29.8 Å². The maximum Gasteiger partial charge on any atom is 0.240 e. The quantitative estimate of drug-likeness (QED) is 0.621. The van der Waals surface area contributed by atoms with Gasteiger partial charge in [-0.3, -0.25) is 9.59 Å². The fourth-order valence-corrected chi connectivity index (χ4v) is 1.97. The summed E-state index contributed by atoms with van der Waals surface area (Å²) in [6, 6.07) is 12.5. The zero-order chi connectivity index (χ0) is 17.4. The van der Waals surface area contributed by atoms with E-state index >= 15 is 0 Å². The van der Waals surface area contributed by atoms with Crippen LogP contribution in [-0.4, -0.2) is 18.0 Å². The highest BCUT2D eigenvalue weighted by Gasteiger charge is 2.08. The highest BCUT2D eigenvalue weighted by atomic mass is 35.5. The van der Waals surface area contributed by atoms with Gasteiger partial charge in [0.2, 0.25) is 11.8 Å². The van der Waals surface area contributed by atoms with Gasteiger partial charge in [0.1, 0.15) is 5.82 Å². The third-order valence-corrected chi connectivity index (χ3v) is 3.33. The number of carbonyl (C=O) groups excluding carboxylic acids is 2. The summed E-state index contributed by atoms with van der Waals surface area (Å²) >= 11 is 5.93. The van der Waals surface area contributed by atoms with E-state index in [1.165, 1.54) is 30.5 Å². The number of anilines is 1. The summed E-state index contributed by atoms with van der Waals surface area (Å²) in [5.74, 6) is -1.07. The van der Waals surface area contributed by atoms with Crippen molar-refractivity contribution in [3.63, 3.8) is 0 Å². The van der Waals surface area contributed by atoms with Gasteiger partial charge < -0.3 is 5.32 Å². The highest BCUT2D eigenvalue weighted by Crippen LogP contribution is 2.20. The Morgan fingerprint density at radius 2 is 1.71 bits per heavy atom. The topological polar surface area (TPSA) is 70.6 Å².